The van der Waals surface area contributed by atoms with Crippen molar-refractivity contribution in [2.45, 2.75) is 19.0 Å². The van der Waals surface area contributed by atoms with Crippen LogP contribution in [0.2, 0.25) is 0 Å². The predicted molar refractivity (Wildman–Crippen MR) is 140 cm³/mol. The van der Waals surface area contributed by atoms with E-state index in [1.54, 1.807) is 0 Å². The average molecular weight is 521 g/mol. The Morgan fingerprint density at radius 2 is 0.900 bits per heavy atom. The number of rotatable bonds is 5. The van der Waals surface area contributed by atoms with E-state index in [4.69, 9.17) is 0 Å². The summed E-state index contributed by atoms with van der Waals surface area (Å²) in [6, 6.07) is 45.3. The topological polar surface area (TPSA) is 3.01 Å². The van der Waals surface area contributed by atoms with Crippen molar-refractivity contribution in [1.29, 1.82) is 0 Å². The van der Waals surface area contributed by atoms with E-state index in [1.165, 1.54) is 21.5 Å². The maximum absolute atomic E-state index is 2.92. The first-order valence-electron chi connectivity index (χ1n) is 10.4. The second-order valence-electron chi connectivity index (χ2n) is 7.95. The van der Waals surface area contributed by atoms with Crippen molar-refractivity contribution in [3.05, 3.63) is 127 Å². The molecular weight excluding hydrogens is 496 g/mol. The Bertz CT molecular complexity index is 1030. The molecule has 0 spiro atoms. The van der Waals surface area contributed by atoms with Crippen LogP contribution in [0, 0.1) is 0 Å². The first-order chi connectivity index (χ1) is 14.7. The normalized spacial score (nSPS) is 22.1. The molecule has 3 atom stereocenters. The molecule has 1 heterocycles. The Kier molecular flexibility index (Phi) is 5.05. The van der Waals surface area contributed by atoms with Gasteiger partial charge in [0.15, 0.2) is 0 Å². The standard InChI is InChI=1S/C27H25INP/c1-22-27(23-14-6-2-7-15-23)29(22)30(28,24-16-8-3-9-17-24,25-18-10-4-11-19-25)26-20-12-5-13-21-26/h2-22,27H,1H3/t22-,27+,29?/m0/s1. The Balaban J connectivity index is 1.85. The van der Waals surface area contributed by atoms with Gasteiger partial charge in [0.2, 0.25) is 0 Å². The van der Waals surface area contributed by atoms with E-state index in [2.05, 4.69) is 155 Å². The minimum atomic E-state index is -2.92. The average Bonchev–Trinajstić information content (AvgIpc) is 3.53. The molecule has 0 bridgehead atoms. The summed E-state index contributed by atoms with van der Waals surface area (Å²) >= 11 is 2.87. The third-order valence-electron chi connectivity index (χ3n) is 6.33. The van der Waals surface area contributed by atoms with E-state index in [0.717, 1.165) is 0 Å². The van der Waals surface area contributed by atoms with Crippen LogP contribution in [0.3, 0.4) is 0 Å². The van der Waals surface area contributed by atoms with Crippen LogP contribution in [-0.4, -0.2) is 10.7 Å². The van der Waals surface area contributed by atoms with Gasteiger partial charge in [0.25, 0.3) is 0 Å². The van der Waals surface area contributed by atoms with Crippen LogP contribution in [0.25, 0.3) is 0 Å². The third kappa shape index (κ3) is 2.81. The summed E-state index contributed by atoms with van der Waals surface area (Å²) in [6.07, 6.45) is 0. The summed E-state index contributed by atoms with van der Waals surface area (Å²) in [7, 11) is 0. The van der Waals surface area contributed by atoms with Gasteiger partial charge in [-0.2, -0.15) is 0 Å². The van der Waals surface area contributed by atoms with E-state index in [0.29, 0.717) is 12.1 Å². The molecule has 5 rings (SSSR count). The SMILES string of the molecule is C[C@H]1[C@H](c2ccccc2)N1P(I)(c1ccccc1)(c1ccccc1)c1ccccc1. The van der Waals surface area contributed by atoms with E-state index in [1.807, 2.05) is 0 Å². The van der Waals surface area contributed by atoms with Crippen LogP contribution < -0.4 is 15.9 Å². The molecule has 3 heteroatoms. The Labute approximate surface area is 192 Å². The summed E-state index contributed by atoms with van der Waals surface area (Å²) in [5.41, 5.74) is 1.40. The Morgan fingerprint density at radius 1 is 0.567 bits per heavy atom. The molecule has 0 N–H and O–H groups in total. The first kappa shape index (κ1) is 19.9. The van der Waals surface area contributed by atoms with Crippen LogP contribution >= 0.6 is 26.4 Å². The third-order valence-corrected chi connectivity index (χ3v) is 18.0. The number of benzene rings is 4. The number of hydrogen-bond acceptors (Lipinski definition) is 1. The van der Waals surface area contributed by atoms with Gasteiger partial charge in [-0.3, -0.25) is 0 Å². The van der Waals surface area contributed by atoms with Crippen LogP contribution in [0.4, 0.5) is 0 Å². The molecule has 0 aromatic heterocycles. The van der Waals surface area contributed by atoms with E-state index in [9.17, 15) is 0 Å². The van der Waals surface area contributed by atoms with Crippen LogP contribution in [-0.2, 0) is 0 Å². The predicted octanol–water partition coefficient (Wildman–Crippen LogP) is 6.23. The molecule has 1 aliphatic heterocycles. The fourth-order valence-corrected chi connectivity index (χ4v) is 15.2. The second-order valence-corrected chi connectivity index (χ2v) is 17.5. The number of hydrogen-bond donors (Lipinski definition) is 0. The van der Waals surface area contributed by atoms with Crippen LogP contribution in [0.5, 0.6) is 0 Å². The second kappa shape index (κ2) is 7.60. The molecule has 4 aromatic carbocycles. The zero-order chi connectivity index (χ0) is 20.6. The molecule has 0 radical (unpaired) electrons. The van der Waals surface area contributed by atoms with Crippen molar-refractivity contribution in [3.63, 3.8) is 0 Å². The summed E-state index contributed by atoms with van der Waals surface area (Å²) in [5, 5.41) is 4.23. The maximum atomic E-state index is 2.87. The first-order valence-corrected chi connectivity index (χ1v) is 15.4. The Hall–Kier alpha value is -2.00. The number of nitrogens with zero attached hydrogens (tertiary/aromatic N) is 1. The Morgan fingerprint density at radius 3 is 1.27 bits per heavy atom. The van der Waals surface area contributed by atoms with E-state index < -0.39 is 4.40 Å². The monoisotopic (exact) mass is 521 g/mol. The van der Waals surface area contributed by atoms with Crippen molar-refractivity contribution in [1.82, 2.24) is 4.67 Å². The van der Waals surface area contributed by atoms with Crippen LogP contribution in [0.15, 0.2) is 121 Å². The summed E-state index contributed by atoms with van der Waals surface area (Å²) in [6.45, 7) is 2.38. The molecule has 0 saturated carbocycles. The van der Waals surface area contributed by atoms with E-state index >= 15 is 0 Å². The molecule has 4 aromatic rings. The van der Waals surface area contributed by atoms with Gasteiger partial charge in [0.05, 0.1) is 0 Å². The molecule has 1 saturated heterocycles. The fraction of sp³-hybridized carbons (Fsp3) is 0.111. The minimum absolute atomic E-state index is 0.404. The zero-order valence-electron chi connectivity index (χ0n) is 17.0. The van der Waals surface area contributed by atoms with Crippen molar-refractivity contribution in [3.8, 4) is 0 Å². The van der Waals surface area contributed by atoms with Gasteiger partial charge in [-0.15, -0.1) is 0 Å². The zero-order valence-corrected chi connectivity index (χ0v) is 20.0. The van der Waals surface area contributed by atoms with Gasteiger partial charge in [0.1, 0.15) is 0 Å². The summed E-state index contributed by atoms with van der Waals surface area (Å²) < 4.78 is -0.111. The van der Waals surface area contributed by atoms with Crippen molar-refractivity contribution in [2.24, 2.45) is 0 Å². The summed E-state index contributed by atoms with van der Waals surface area (Å²) in [4.78, 5) is 0. The van der Waals surface area contributed by atoms with Gasteiger partial charge in [-0.25, -0.2) is 0 Å². The fourth-order valence-electron chi connectivity index (χ4n) is 4.94. The molecule has 0 amide bonds. The van der Waals surface area contributed by atoms with Gasteiger partial charge < -0.3 is 0 Å². The van der Waals surface area contributed by atoms with Crippen molar-refractivity contribution in [2.75, 3.05) is 0 Å². The molecule has 150 valence electrons. The van der Waals surface area contributed by atoms with Gasteiger partial charge in [-0.05, 0) is 0 Å². The van der Waals surface area contributed by atoms with Crippen molar-refractivity contribution < 1.29 is 0 Å². The van der Waals surface area contributed by atoms with Crippen molar-refractivity contribution >= 4 is 42.4 Å². The molecule has 1 aliphatic rings. The van der Waals surface area contributed by atoms with E-state index in [-0.39, 0.29) is 0 Å². The molecule has 0 aliphatic carbocycles. The molecule has 30 heavy (non-hydrogen) atoms. The van der Waals surface area contributed by atoms with Gasteiger partial charge in [0, 0.05) is 0 Å². The quantitative estimate of drug-likeness (QED) is 0.171. The number of halogens is 1. The summed E-state index contributed by atoms with van der Waals surface area (Å²) in [5.74, 6) is 0. The van der Waals surface area contributed by atoms with Crippen LogP contribution in [0.1, 0.15) is 18.5 Å². The van der Waals surface area contributed by atoms with Gasteiger partial charge in [-0.1, -0.05) is 0 Å². The van der Waals surface area contributed by atoms with Gasteiger partial charge >= 0.3 is 193 Å². The molecule has 1 unspecified atom stereocenters. The molecule has 1 fully saturated rings. The molecule has 1 nitrogen and oxygen atoms in total. The molecular formula is C27H25INP.